The lowest BCUT2D eigenvalue weighted by Crippen LogP contribution is -2.46. The van der Waals surface area contributed by atoms with Gasteiger partial charge in [0.25, 0.3) is 5.91 Å². The maximum absolute atomic E-state index is 12.0. The molecule has 1 aliphatic heterocycles. The van der Waals surface area contributed by atoms with Gasteiger partial charge in [0, 0.05) is 20.2 Å². The molecule has 0 radical (unpaired) electrons. The van der Waals surface area contributed by atoms with Crippen molar-refractivity contribution in [3.8, 4) is 0 Å². The lowest BCUT2D eigenvalue weighted by atomic mass is 9.95. The van der Waals surface area contributed by atoms with E-state index in [1.54, 1.807) is 24.1 Å². The molecule has 88 valence electrons. The minimum Gasteiger partial charge on any atom is -0.459 e. The number of amides is 1. The molecule has 2 atom stereocenters. The molecule has 0 aromatic carbocycles. The summed E-state index contributed by atoms with van der Waals surface area (Å²) in [4.78, 5) is 13.8. The van der Waals surface area contributed by atoms with Gasteiger partial charge in [0.2, 0.25) is 0 Å². The fraction of sp³-hybridized carbons (Fsp3) is 0.583. The van der Waals surface area contributed by atoms with Gasteiger partial charge < -0.3 is 14.1 Å². The molecule has 1 saturated heterocycles. The van der Waals surface area contributed by atoms with Crippen LogP contribution in [0.25, 0.3) is 0 Å². The van der Waals surface area contributed by atoms with Crippen molar-refractivity contribution >= 4 is 5.91 Å². The quantitative estimate of drug-likeness (QED) is 0.767. The van der Waals surface area contributed by atoms with E-state index in [0.717, 1.165) is 13.0 Å². The fourth-order valence-corrected chi connectivity index (χ4v) is 2.08. The van der Waals surface area contributed by atoms with Gasteiger partial charge in [-0.3, -0.25) is 4.79 Å². The van der Waals surface area contributed by atoms with E-state index < -0.39 is 0 Å². The SMILES string of the molecule is COC1CN(C(=O)c2ccco2)CCC1C. The number of hydrogen-bond donors (Lipinski definition) is 0. The molecule has 1 aromatic heterocycles. The predicted molar refractivity (Wildman–Crippen MR) is 59.2 cm³/mol. The lowest BCUT2D eigenvalue weighted by Gasteiger charge is -2.35. The van der Waals surface area contributed by atoms with Crippen molar-refractivity contribution < 1.29 is 13.9 Å². The van der Waals surface area contributed by atoms with Crippen molar-refractivity contribution in [2.24, 2.45) is 5.92 Å². The number of carbonyl (C=O) groups is 1. The van der Waals surface area contributed by atoms with Crippen molar-refractivity contribution in [3.05, 3.63) is 24.2 Å². The topological polar surface area (TPSA) is 42.7 Å². The third kappa shape index (κ3) is 2.11. The van der Waals surface area contributed by atoms with Crippen LogP contribution >= 0.6 is 0 Å². The van der Waals surface area contributed by atoms with E-state index in [2.05, 4.69) is 6.92 Å². The third-order valence-corrected chi connectivity index (χ3v) is 3.21. The van der Waals surface area contributed by atoms with Crippen molar-refractivity contribution in [1.82, 2.24) is 4.90 Å². The summed E-state index contributed by atoms with van der Waals surface area (Å²) in [5.74, 6) is 0.869. The van der Waals surface area contributed by atoms with Gasteiger partial charge in [-0.15, -0.1) is 0 Å². The van der Waals surface area contributed by atoms with Gasteiger partial charge in [-0.05, 0) is 24.5 Å². The average molecular weight is 223 g/mol. The number of nitrogens with zero attached hydrogens (tertiary/aromatic N) is 1. The van der Waals surface area contributed by atoms with Crippen LogP contribution in [0.3, 0.4) is 0 Å². The Morgan fingerprint density at radius 2 is 2.44 bits per heavy atom. The minimum absolute atomic E-state index is 0.0426. The molecule has 1 aliphatic rings. The summed E-state index contributed by atoms with van der Waals surface area (Å²) in [5, 5.41) is 0. The van der Waals surface area contributed by atoms with Crippen LogP contribution in [0.2, 0.25) is 0 Å². The highest BCUT2D eigenvalue weighted by molar-refractivity contribution is 5.91. The number of hydrogen-bond acceptors (Lipinski definition) is 3. The monoisotopic (exact) mass is 223 g/mol. The molecule has 16 heavy (non-hydrogen) atoms. The molecule has 2 unspecified atom stereocenters. The Hall–Kier alpha value is -1.29. The second-order valence-corrected chi connectivity index (χ2v) is 4.27. The molecular weight excluding hydrogens is 206 g/mol. The number of furan rings is 1. The summed E-state index contributed by atoms with van der Waals surface area (Å²) in [5.41, 5.74) is 0. The van der Waals surface area contributed by atoms with Crippen LogP contribution < -0.4 is 0 Å². The summed E-state index contributed by atoms with van der Waals surface area (Å²) in [7, 11) is 1.70. The number of methoxy groups -OCH3 is 1. The summed E-state index contributed by atoms with van der Waals surface area (Å²) in [6, 6.07) is 3.43. The first-order valence-electron chi connectivity index (χ1n) is 5.58. The lowest BCUT2D eigenvalue weighted by molar-refractivity contribution is -0.00261. The Balaban J connectivity index is 2.03. The van der Waals surface area contributed by atoms with Crippen LogP contribution in [0.15, 0.2) is 22.8 Å². The van der Waals surface area contributed by atoms with Crippen molar-refractivity contribution in [2.45, 2.75) is 19.4 Å². The van der Waals surface area contributed by atoms with E-state index in [4.69, 9.17) is 9.15 Å². The number of piperidine rings is 1. The highest BCUT2D eigenvalue weighted by Gasteiger charge is 2.30. The summed E-state index contributed by atoms with van der Waals surface area (Å²) < 4.78 is 10.5. The van der Waals surface area contributed by atoms with Crippen LogP contribution in [0, 0.1) is 5.92 Å². The van der Waals surface area contributed by atoms with E-state index in [-0.39, 0.29) is 12.0 Å². The number of carbonyl (C=O) groups excluding carboxylic acids is 1. The van der Waals surface area contributed by atoms with Crippen LogP contribution in [-0.2, 0) is 4.74 Å². The van der Waals surface area contributed by atoms with Gasteiger partial charge in [0.05, 0.1) is 12.4 Å². The Labute approximate surface area is 95.2 Å². The Morgan fingerprint density at radius 3 is 3.06 bits per heavy atom. The molecule has 2 rings (SSSR count). The largest absolute Gasteiger partial charge is 0.459 e. The molecule has 1 amide bonds. The molecule has 0 spiro atoms. The Bertz CT molecular complexity index is 347. The van der Waals surface area contributed by atoms with Crippen LogP contribution in [0.1, 0.15) is 23.9 Å². The Morgan fingerprint density at radius 1 is 1.62 bits per heavy atom. The van der Waals surface area contributed by atoms with Gasteiger partial charge in [0.15, 0.2) is 5.76 Å². The van der Waals surface area contributed by atoms with Gasteiger partial charge >= 0.3 is 0 Å². The Kier molecular flexibility index (Phi) is 3.29. The molecule has 4 heteroatoms. The maximum atomic E-state index is 12.0. The minimum atomic E-state index is -0.0426. The van der Waals surface area contributed by atoms with Crippen molar-refractivity contribution in [1.29, 1.82) is 0 Å². The molecule has 4 nitrogen and oxygen atoms in total. The summed E-state index contributed by atoms with van der Waals surface area (Å²) >= 11 is 0. The second-order valence-electron chi connectivity index (χ2n) is 4.27. The third-order valence-electron chi connectivity index (χ3n) is 3.21. The normalized spacial score (nSPS) is 25.8. The molecule has 2 heterocycles. The van der Waals surface area contributed by atoms with E-state index in [9.17, 15) is 4.79 Å². The molecular formula is C12H17NO3. The summed E-state index contributed by atoms with van der Waals surface area (Å²) in [6.07, 6.45) is 2.63. The molecule has 0 saturated carbocycles. The first-order valence-corrected chi connectivity index (χ1v) is 5.58. The zero-order valence-corrected chi connectivity index (χ0v) is 9.68. The highest BCUT2D eigenvalue weighted by Crippen LogP contribution is 2.21. The van der Waals surface area contributed by atoms with E-state index in [1.807, 2.05) is 0 Å². The average Bonchev–Trinajstić information content (AvgIpc) is 2.82. The molecule has 0 bridgehead atoms. The smallest absolute Gasteiger partial charge is 0.289 e. The predicted octanol–water partition coefficient (Wildman–Crippen LogP) is 1.78. The zero-order chi connectivity index (χ0) is 11.5. The van der Waals surface area contributed by atoms with Crippen molar-refractivity contribution in [3.63, 3.8) is 0 Å². The zero-order valence-electron chi connectivity index (χ0n) is 9.68. The maximum Gasteiger partial charge on any atom is 0.289 e. The molecule has 0 aliphatic carbocycles. The molecule has 0 N–H and O–H groups in total. The first-order chi connectivity index (χ1) is 7.72. The van der Waals surface area contributed by atoms with E-state index in [1.165, 1.54) is 6.26 Å². The van der Waals surface area contributed by atoms with E-state index in [0.29, 0.717) is 18.2 Å². The summed E-state index contributed by atoms with van der Waals surface area (Å²) in [6.45, 7) is 3.58. The van der Waals surface area contributed by atoms with Gasteiger partial charge in [-0.1, -0.05) is 6.92 Å². The van der Waals surface area contributed by atoms with E-state index >= 15 is 0 Å². The molecule has 1 aromatic rings. The number of ether oxygens (including phenoxy) is 1. The number of rotatable bonds is 2. The van der Waals surface area contributed by atoms with Crippen LogP contribution in [-0.4, -0.2) is 37.1 Å². The van der Waals surface area contributed by atoms with Crippen LogP contribution in [0.5, 0.6) is 0 Å². The fourth-order valence-electron chi connectivity index (χ4n) is 2.08. The van der Waals surface area contributed by atoms with Crippen molar-refractivity contribution in [2.75, 3.05) is 20.2 Å². The standard InChI is InChI=1S/C12H17NO3/c1-9-5-6-13(8-11(9)15-2)12(14)10-4-3-7-16-10/h3-4,7,9,11H,5-6,8H2,1-2H3. The van der Waals surface area contributed by atoms with Gasteiger partial charge in [-0.2, -0.15) is 0 Å². The molecule has 1 fully saturated rings. The highest BCUT2D eigenvalue weighted by atomic mass is 16.5. The van der Waals surface area contributed by atoms with Gasteiger partial charge in [-0.25, -0.2) is 0 Å². The van der Waals surface area contributed by atoms with Crippen LogP contribution in [0.4, 0.5) is 0 Å². The second kappa shape index (κ2) is 4.70. The number of likely N-dealkylation sites (tertiary alicyclic amines) is 1. The first kappa shape index (κ1) is 11.2. The van der Waals surface area contributed by atoms with Gasteiger partial charge in [0.1, 0.15) is 0 Å².